The van der Waals surface area contributed by atoms with Crippen LogP contribution in [-0.2, 0) is 0 Å². The molecule has 1 atom stereocenters. The molecule has 0 saturated heterocycles. The molecule has 0 fully saturated rings. The third-order valence-electron chi connectivity index (χ3n) is 3.24. The Kier molecular flexibility index (Phi) is 4.90. The number of nitrogens with one attached hydrogen (secondary N) is 1. The second-order valence-corrected chi connectivity index (χ2v) is 4.61. The van der Waals surface area contributed by atoms with Crippen LogP contribution < -0.4 is 5.32 Å². The van der Waals surface area contributed by atoms with Gasteiger partial charge in [0.15, 0.2) is 0 Å². The fourth-order valence-electron chi connectivity index (χ4n) is 2.00. The lowest BCUT2D eigenvalue weighted by molar-refractivity contribution is 0.0929. The summed E-state index contributed by atoms with van der Waals surface area (Å²) in [6, 6.07) is 7.35. The van der Waals surface area contributed by atoms with Crippen molar-refractivity contribution in [3.8, 4) is 5.69 Å². The molecule has 0 bridgehead atoms. The van der Waals surface area contributed by atoms with Crippen LogP contribution in [0.2, 0.25) is 0 Å². The minimum Gasteiger partial charge on any atom is -0.396 e. The Morgan fingerprint density at radius 2 is 2.15 bits per heavy atom. The van der Waals surface area contributed by atoms with Crippen LogP contribution in [0.1, 0.15) is 30.1 Å². The van der Waals surface area contributed by atoms with Crippen LogP contribution in [-0.4, -0.2) is 33.2 Å². The minimum atomic E-state index is -0.109. The van der Waals surface area contributed by atoms with E-state index in [1.807, 2.05) is 29.8 Å². The van der Waals surface area contributed by atoms with Gasteiger partial charge in [-0.1, -0.05) is 6.92 Å². The number of rotatable bonds is 6. The smallest absolute Gasteiger partial charge is 0.251 e. The van der Waals surface area contributed by atoms with Gasteiger partial charge in [0.25, 0.3) is 5.91 Å². The molecule has 0 aliphatic carbocycles. The number of carbonyl (C=O) groups is 1. The monoisotopic (exact) mass is 273 g/mol. The van der Waals surface area contributed by atoms with E-state index in [0.29, 0.717) is 12.0 Å². The van der Waals surface area contributed by atoms with Gasteiger partial charge in [0.2, 0.25) is 0 Å². The number of benzene rings is 1. The Hall–Kier alpha value is -2.14. The molecule has 2 rings (SSSR count). The summed E-state index contributed by atoms with van der Waals surface area (Å²) in [5, 5.41) is 11.9. The molecule has 1 amide bonds. The molecule has 5 nitrogen and oxygen atoms in total. The van der Waals surface area contributed by atoms with Crippen LogP contribution in [0, 0.1) is 0 Å². The molecule has 0 aliphatic rings. The highest BCUT2D eigenvalue weighted by Gasteiger charge is 2.11. The van der Waals surface area contributed by atoms with Crippen molar-refractivity contribution in [1.82, 2.24) is 14.9 Å². The zero-order valence-electron chi connectivity index (χ0n) is 11.5. The largest absolute Gasteiger partial charge is 0.396 e. The summed E-state index contributed by atoms with van der Waals surface area (Å²) >= 11 is 0. The number of hydrogen-bond donors (Lipinski definition) is 2. The third-order valence-corrected chi connectivity index (χ3v) is 3.24. The van der Waals surface area contributed by atoms with Crippen molar-refractivity contribution in [1.29, 1.82) is 0 Å². The Morgan fingerprint density at radius 1 is 1.40 bits per heavy atom. The fraction of sp³-hybridized carbons (Fsp3) is 0.333. The van der Waals surface area contributed by atoms with E-state index in [1.165, 1.54) is 0 Å². The summed E-state index contributed by atoms with van der Waals surface area (Å²) in [6.45, 7) is 2.07. The van der Waals surface area contributed by atoms with Crippen LogP contribution in [0.15, 0.2) is 43.0 Å². The topological polar surface area (TPSA) is 67.2 Å². The van der Waals surface area contributed by atoms with E-state index in [0.717, 1.165) is 12.1 Å². The number of imidazole rings is 1. The van der Waals surface area contributed by atoms with Gasteiger partial charge in [0.05, 0.1) is 6.33 Å². The third kappa shape index (κ3) is 3.45. The fourth-order valence-corrected chi connectivity index (χ4v) is 2.00. The van der Waals surface area contributed by atoms with Gasteiger partial charge in [0, 0.05) is 36.3 Å². The van der Waals surface area contributed by atoms with Crippen LogP contribution in [0.4, 0.5) is 0 Å². The first-order valence-corrected chi connectivity index (χ1v) is 6.74. The lowest BCUT2D eigenvalue weighted by Crippen LogP contribution is -2.35. The molecule has 20 heavy (non-hydrogen) atoms. The summed E-state index contributed by atoms with van der Waals surface area (Å²) in [7, 11) is 0. The number of nitrogens with zero attached hydrogens (tertiary/aromatic N) is 2. The lowest BCUT2D eigenvalue weighted by atomic mass is 10.1. The van der Waals surface area contributed by atoms with Crippen molar-refractivity contribution in [3.05, 3.63) is 48.5 Å². The maximum absolute atomic E-state index is 12.1. The second kappa shape index (κ2) is 6.86. The molecule has 1 aromatic carbocycles. The van der Waals surface area contributed by atoms with Crippen LogP contribution in [0.25, 0.3) is 5.69 Å². The molecule has 1 heterocycles. The highest BCUT2D eigenvalue weighted by Crippen LogP contribution is 2.10. The summed E-state index contributed by atoms with van der Waals surface area (Å²) in [5.41, 5.74) is 1.58. The molecular weight excluding hydrogens is 254 g/mol. The summed E-state index contributed by atoms with van der Waals surface area (Å²) in [4.78, 5) is 16.1. The Bertz CT molecular complexity index is 535. The van der Waals surface area contributed by atoms with Crippen molar-refractivity contribution in [2.75, 3.05) is 6.61 Å². The highest BCUT2D eigenvalue weighted by atomic mass is 16.3. The average Bonchev–Trinajstić information content (AvgIpc) is 3.01. The summed E-state index contributed by atoms with van der Waals surface area (Å²) < 4.78 is 1.88. The number of aliphatic hydroxyl groups is 1. The second-order valence-electron chi connectivity index (χ2n) is 4.61. The van der Waals surface area contributed by atoms with Crippen LogP contribution >= 0.6 is 0 Å². The van der Waals surface area contributed by atoms with Gasteiger partial charge in [-0.05, 0) is 37.1 Å². The van der Waals surface area contributed by atoms with Gasteiger partial charge < -0.3 is 15.0 Å². The molecule has 0 saturated carbocycles. The lowest BCUT2D eigenvalue weighted by Gasteiger charge is -2.15. The molecular formula is C15H19N3O2. The van der Waals surface area contributed by atoms with E-state index in [-0.39, 0.29) is 18.6 Å². The van der Waals surface area contributed by atoms with E-state index in [4.69, 9.17) is 5.11 Å². The summed E-state index contributed by atoms with van der Waals surface area (Å²) in [5.74, 6) is -0.109. The molecule has 0 spiro atoms. The normalized spacial score (nSPS) is 12.1. The number of hydrogen-bond acceptors (Lipinski definition) is 3. The minimum absolute atomic E-state index is 0.0147. The molecule has 0 radical (unpaired) electrons. The van der Waals surface area contributed by atoms with Crippen molar-refractivity contribution in [3.63, 3.8) is 0 Å². The molecule has 5 heteroatoms. The maximum Gasteiger partial charge on any atom is 0.251 e. The first-order chi connectivity index (χ1) is 9.74. The van der Waals surface area contributed by atoms with E-state index in [2.05, 4.69) is 10.3 Å². The van der Waals surface area contributed by atoms with E-state index in [9.17, 15) is 4.79 Å². The number of aromatic nitrogens is 2. The maximum atomic E-state index is 12.1. The van der Waals surface area contributed by atoms with Crippen LogP contribution in [0.5, 0.6) is 0 Å². The van der Waals surface area contributed by atoms with E-state index in [1.54, 1.807) is 24.7 Å². The van der Waals surface area contributed by atoms with Crippen molar-refractivity contribution in [2.45, 2.75) is 25.8 Å². The molecule has 106 valence electrons. The molecule has 2 N–H and O–H groups in total. The van der Waals surface area contributed by atoms with Gasteiger partial charge in [-0.2, -0.15) is 0 Å². The van der Waals surface area contributed by atoms with Crippen molar-refractivity contribution < 1.29 is 9.90 Å². The molecule has 1 unspecified atom stereocenters. The van der Waals surface area contributed by atoms with Gasteiger partial charge in [-0.15, -0.1) is 0 Å². The zero-order valence-corrected chi connectivity index (χ0v) is 11.5. The summed E-state index contributed by atoms with van der Waals surface area (Å²) in [6.07, 6.45) is 6.66. The van der Waals surface area contributed by atoms with Gasteiger partial charge >= 0.3 is 0 Å². The Balaban J connectivity index is 2.04. The average molecular weight is 273 g/mol. The first-order valence-electron chi connectivity index (χ1n) is 6.74. The quantitative estimate of drug-likeness (QED) is 0.842. The molecule has 0 aliphatic heterocycles. The van der Waals surface area contributed by atoms with Crippen molar-refractivity contribution in [2.24, 2.45) is 0 Å². The van der Waals surface area contributed by atoms with Gasteiger partial charge in [-0.25, -0.2) is 4.98 Å². The Labute approximate surface area is 118 Å². The van der Waals surface area contributed by atoms with Gasteiger partial charge in [-0.3, -0.25) is 4.79 Å². The first kappa shape index (κ1) is 14.3. The number of carbonyl (C=O) groups excluding carboxylic acids is 1. The zero-order chi connectivity index (χ0) is 14.4. The predicted molar refractivity (Wildman–Crippen MR) is 76.8 cm³/mol. The molecule has 2 aromatic rings. The SMILES string of the molecule is CCC(CCO)NC(=O)c1ccc(-n2ccnc2)cc1. The van der Waals surface area contributed by atoms with Crippen molar-refractivity contribution >= 4 is 5.91 Å². The van der Waals surface area contributed by atoms with E-state index < -0.39 is 0 Å². The van der Waals surface area contributed by atoms with E-state index >= 15 is 0 Å². The predicted octanol–water partition coefficient (Wildman–Crippen LogP) is 1.76. The highest BCUT2D eigenvalue weighted by molar-refractivity contribution is 5.94. The van der Waals surface area contributed by atoms with Crippen LogP contribution in [0.3, 0.4) is 0 Å². The number of aliphatic hydroxyl groups excluding tert-OH is 1. The van der Waals surface area contributed by atoms with Gasteiger partial charge in [0.1, 0.15) is 0 Å². The molecule has 1 aromatic heterocycles. The standard InChI is InChI=1S/C15H19N3O2/c1-2-13(7-10-19)17-15(20)12-3-5-14(6-4-12)18-9-8-16-11-18/h3-6,8-9,11,13,19H,2,7,10H2,1H3,(H,17,20). The number of amides is 1. The Morgan fingerprint density at radius 3 is 2.70 bits per heavy atom.